The van der Waals surface area contributed by atoms with Crippen LogP contribution in [0.3, 0.4) is 0 Å². The number of ether oxygens (including phenoxy) is 3. The Morgan fingerprint density at radius 3 is 2.21 bits per heavy atom. The van der Waals surface area contributed by atoms with Gasteiger partial charge in [-0.15, -0.1) is 0 Å². The lowest BCUT2D eigenvalue weighted by molar-refractivity contribution is -0.148. The standard InChI is InChI=1S/C24H36N2O7/c1-5-7-13-32-21(27)15-19(26-24(30)33-16-18-11-9-8-10-12-18)22(28)25-20(14-17(3)4)23(29)31-6-2/h8-12,17,19-20H,5-7,13-16H2,1-4H3,(H,25,28)(H,26,30)/t19-,20-/m0/s1. The SMILES string of the molecule is CCCCOC(=O)C[C@H](NC(=O)OCc1ccccc1)C(=O)N[C@@H](CC(C)C)C(=O)OCC. The molecule has 1 rings (SSSR count). The van der Waals surface area contributed by atoms with Crippen LogP contribution in [0.5, 0.6) is 0 Å². The first kappa shape index (κ1) is 27.9. The van der Waals surface area contributed by atoms with E-state index in [2.05, 4.69) is 10.6 Å². The van der Waals surface area contributed by atoms with Gasteiger partial charge in [0.05, 0.1) is 19.6 Å². The maximum atomic E-state index is 12.9. The predicted octanol–water partition coefficient (Wildman–Crippen LogP) is 3.11. The van der Waals surface area contributed by atoms with Crippen molar-refractivity contribution in [3.05, 3.63) is 35.9 Å². The van der Waals surface area contributed by atoms with Crippen LogP contribution in [0.15, 0.2) is 30.3 Å². The molecule has 0 radical (unpaired) electrons. The van der Waals surface area contributed by atoms with Gasteiger partial charge < -0.3 is 24.8 Å². The average molecular weight is 465 g/mol. The van der Waals surface area contributed by atoms with Crippen molar-refractivity contribution in [3.63, 3.8) is 0 Å². The number of carbonyl (C=O) groups is 4. The zero-order valence-electron chi connectivity index (χ0n) is 19.9. The van der Waals surface area contributed by atoms with Crippen molar-refractivity contribution in [1.29, 1.82) is 0 Å². The van der Waals surface area contributed by atoms with Crippen molar-refractivity contribution in [3.8, 4) is 0 Å². The molecule has 0 heterocycles. The van der Waals surface area contributed by atoms with Crippen LogP contribution in [0.4, 0.5) is 4.79 Å². The third-order valence-corrected chi connectivity index (χ3v) is 4.55. The van der Waals surface area contributed by atoms with Crippen LogP contribution in [-0.4, -0.2) is 49.2 Å². The number of rotatable bonds is 14. The molecule has 0 spiro atoms. The fourth-order valence-corrected chi connectivity index (χ4v) is 2.87. The summed E-state index contributed by atoms with van der Waals surface area (Å²) in [4.78, 5) is 49.7. The predicted molar refractivity (Wildman–Crippen MR) is 122 cm³/mol. The molecule has 2 atom stereocenters. The van der Waals surface area contributed by atoms with Crippen LogP contribution in [0.25, 0.3) is 0 Å². The van der Waals surface area contributed by atoms with Crippen molar-refractivity contribution in [2.24, 2.45) is 5.92 Å². The van der Waals surface area contributed by atoms with Crippen molar-refractivity contribution in [1.82, 2.24) is 10.6 Å². The Kier molecular flexibility index (Phi) is 13.3. The number of nitrogens with one attached hydrogen (secondary N) is 2. The van der Waals surface area contributed by atoms with Gasteiger partial charge in [-0.3, -0.25) is 9.59 Å². The van der Waals surface area contributed by atoms with Gasteiger partial charge in [-0.25, -0.2) is 9.59 Å². The second-order valence-electron chi connectivity index (χ2n) is 7.98. The second kappa shape index (κ2) is 15.7. The molecule has 0 aromatic heterocycles. The van der Waals surface area contributed by atoms with Gasteiger partial charge in [-0.2, -0.15) is 0 Å². The molecule has 0 bridgehead atoms. The van der Waals surface area contributed by atoms with E-state index in [4.69, 9.17) is 14.2 Å². The zero-order chi connectivity index (χ0) is 24.6. The summed E-state index contributed by atoms with van der Waals surface area (Å²) < 4.78 is 15.3. The third-order valence-electron chi connectivity index (χ3n) is 4.55. The number of esters is 2. The minimum atomic E-state index is -1.27. The van der Waals surface area contributed by atoms with E-state index < -0.39 is 42.4 Å². The lowest BCUT2D eigenvalue weighted by atomic mass is 10.0. The molecular formula is C24H36N2O7. The van der Waals surface area contributed by atoms with E-state index in [1.54, 1.807) is 19.1 Å². The number of hydrogen-bond donors (Lipinski definition) is 2. The zero-order valence-corrected chi connectivity index (χ0v) is 19.9. The summed E-state index contributed by atoms with van der Waals surface area (Å²) in [6, 6.07) is 6.86. The van der Waals surface area contributed by atoms with Gasteiger partial charge in [0.15, 0.2) is 0 Å². The van der Waals surface area contributed by atoms with Crippen molar-refractivity contribution >= 4 is 23.9 Å². The summed E-state index contributed by atoms with van der Waals surface area (Å²) >= 11 is 0. The molecule has 0 saturated carbocycles. The molecule has 0 aliphatic carbocycles. The molecule has 9 nitrogen and oxygen atoms in total. The summed E-state index contributed by atoms with van der Waals surface area (Å²) in [5, 5.41) is 5.01. The molecule has 0 unspecified atom stereocenters. The second-order valence-corrected chi connectivity index (χ2v) is 7.98. The maximum Gasteiger partial charge on any atom is 0.408 e. The van der Waals surface area contributed by atoms with Gasteiger partial charge in [0, 0.05) is 0 Å². The molecule has 2 amide bonds. The molecule has 1 aromatic carbocycles. The molecule has 1 aromatic rings. The van der Waals surface area contributed by atoms with Crippen LogP contribution in [0, 0.1) is 5.92 Å². The highest BCUT2D eigenvalue weighted by molar-refractivity contribution is 5.92. The molecule has 184 valence electrons. The van der Waals surface area contributed by atoms with Crippen LogP contribution < -0.4 is 10.6 Å². The van der Waals surface area contributed by atoms with Gasteiger partial charge in [-0.05, 0) is 31.2 Å². The first-order chi connectivity index (χ1) is 15.8. The summed E-state index contributed by atoms with van der Waals surface area (Å²) in [6.07, 6.45) is 0.618. The quantitative estimate of drug-likeness (QED) is 0.247. The molecule has 0 saturated heterocycles. The first-order valence-electron chi connectivity index (χ1n) is 11.4. The summed E-state index contributed by atoms with van der Waals surface area (Å²) in [7, 11) is 0. The Morgan fingerprint density at radius 1 is 0.909 bits per heavy atom. The van der Waals surface area contributed by atoms with E-state index in [9.17, 15) is 19.2 Å². The topological polar surface area (TPSA) is 120 Å². The molecular weight excluding hydrogens is 428 g/mol. The minimum absolute atomic E-state index is 0.000753. The number of unbranched alkanes of at least 4 members (excludes halogenated alkanes) is 1. The van der Waals surface area contributed by atoms with E-state index in [1.165, 1.54) is 0 Å². The Hall–Kier alpha value is -3.10. The fraction of sp³-hybridized carbons (Fsp3) is 0.583. The summed E-state index contributed by atoms with van der Waals surface area (Å²) in [5.41, 5.74) is 0.770. The van der Waals surface area contributed by atoms with Gasteiger partial charge in [0.25, 0.3) is 0 Å². The Bertz CT molecular complexity index is 752. The Labute approximate surface area is 195 Å². The van der Waals surface area contributed by atoms with E-state index >= 15 is 0 Å². The molecule has 0 aliphatic rings. The van der Waals surface area contributed by atoms with Crippen LogP contribution in [0.1, 0.15) is 58.9 Å². The van der Waals surface area contributed by atoms with Crippen LogP contribution >= 0.6 is 0 Å². The monoisotopic (exact) mass is 464 g/mol. The lowest BCUT2D eigenvalue weighted by Gasteiger charge is -2.23. The Morgan fingerprint density at radius 2 is 1.61 bits per heavy atom. The smallest absolute Gasteiger partial charge is 0.408 e. The third kappa shape index (κ3) is 11.9. The fourth-order valence-electron chi connectivity index (χ4n) is 2.87. The van der Waals surface area contributed by atoms with E-state index in [0.717, 1.165) is 12.0 Å². The number of carbonyl (C=O) groups excluding carboxylic acids is 4. The van der Waals surface area contributed by atoms with E-state index in [0.29, 0.717) is 12.8 Å². The Balaban J connectivity index is 2.84. The highest BCUT2D eigenvalue weighted by Gasteiger charge is 2.30. The number of hydrogen-bond acceptors (Lipinski definition) is 7. The highest BCUT2D eigenvalue weighted by Crippen LogP contribution is 2.09. The van der Waals surface area contributed by atoms with Gasteiger partial charge in [0.1, 0.15) is 18.7 Å². The largest absolute Gasteiger partial charge is 0.466 e. The van der Waals surface area contributed by atoms with Gasteiger partial charge in [0.2, 0.25) is 5.91 Å². The van der Waals surface area contributed by atoms with Crippen molar-refractivity contribution < 1.29 is 33.4 Å². The number of amides is 2. The average Bonchev–Trinajstić information content (AvgIpc) is 2.77. The normalized spacial score (nSPS) is 12.4. The molecule has 0 fully saturated rings. The van der Waals surface area contributed by atoms with Gasteiger partial charge in [-0.1, -0.05) is 57.5 Å². The minimum Gasteiger partial charge on any atom is -0.466 e. The van der Waals surface area contributed by atoms with Crippen molar-refractivity contribution in [2.45, 2.75) is 72.1 Å². The molecule has 2 N–H and O–H groups in total. The highest BCUT2D eigenvalue weighted by atomic mass is 16.6. The number of alkyl carbamates (subject to hydrolysis) is 1. The first-order valence-corrected chi connectivity index (χ1v) is 11.4. The van der Waals surface area contributed by atoms with Gasteiger partial charge >= 0.3 is 18.0 Å². The lowest BCUT2D eigenvalue weighted by Crippen LogP contribution is -2.53. The summed E-state index contributed by atoms with van der Waals surface area (Å²) in [6.45, 7) is 7.83. The van der Waals surface area contributed by atoms with Crippen molar-refractivity contribution in [2.75, 3.05) is 13.2 Å². The molecule has 33 heavy (non-hydrogen) atoms. The van der Waals surface area contributed by atoms with E-state index in [1.807, 2.05) is 39.0 Å². The summed E-state index contributed by atoms with van der Waals surface area (Å²) in [5.74, 6) is -1.81. The maximum absolute atomic E-state index is 12.9. The molecule has 0 aliphatic heterocycles. The number of benzene rings is 1. The van der Waals surface area contributed by atoms with Crippen LogP contribution in [0.2, 0.25) is 0 Å². The van der Waals surface area contributed by atoms with E-state index in [-0.39, 0.29) is 25.7 Å². The molecule has 9 heteroatoms. The van der Waals surface area contributed by atoms with Crippen LogP contribution in [-0.2, 0) is 35.2 Å².